The highest BCUT2D eigenvalue weighted by Gasteiger charge is 2.23. The summed E-state index contributed by atoms with van der Waals surface area (Å²) in [5.41, 5.74) is 1.04. The zero-order chi connectivity index (χ0) is 17.8. The monoisotopic (exact) mass is 350 g/mol. The van der Waals surface area contributed by atoms with Crippen molar-refractivity contribution < 1.29 is 0 Å². The molecule has 134 valence electrons. The minimum atomic E-state index is 0.401. The topological polar surface area (TPSA) is 84.7 Å². The van der Waals surface area contributed by atoms with E-state index in [1.165, 1.54) is 0 Å². The number of nitrogens with one attached hydrogen (secondary N) is 1. The van der Waals surface area contributed by atoms with Crippen LogP contribution in [-0.4, -0.2) is 47.5 Å². The first kappa shape index (κ1) is 16.6. The van der Waals surface area contributed by atoms with Gasteiger partial charge in [0.2, 0.25) is 5.95 Å². The average molecular weight is 350 g/mol. The van der Waals surface area contributed by atoms with Crippen molar-refractivity contribution in [3.05, 3.63) is 54.8 Å². The van der Waals surface area contributed by atoms with Gasteiger partial charge in [-0.1, -0.05) is 0 Å². The number of imidazole rings is 1. The maximum absolute atomic E-state index is 4.62. The number of nitrogens with zero attached hydrogens (tertiary/aromatic N) is 7. The molecule has 1 aliphatic heterocycles. The van der Waals surface area contributed by atoms with E-state index in [9.17, 15) is 0 Å². The molecular formula is C18H22N8. The second kappa shape index (κ2) is 7.57. The van der Waals surface area contributed by atoms with Gasteiger partial charge in [0.05, 0.1) is 24.6 Å². The SMILES string of the molecule is Cn1ccnc1CN1CCCC(c2cnc(Nc3ncccn3)cn2)C1. The van der Waals surface area contributed by atoms with Crippen LogP contribution in [0.4, 0.5) is 11.8 Å². The fourth-order valence-corrected chi connectivity index (χ4v) is 3.28. The maximum atomic E-state index is 4.62. The summed E-state index contributed by atoms with van der Waals surface area (Å²) in [6, 6.07) is 1.78. The number of rotatable bonds is 5. The zero-order valence-electron chi connectivity index (χ0n) is 14.8. The second-order valence-electron chi connectivity index (χ2n) is 6.55. The summed E-state index contributed by atoms with van der Waals surface area (Å²) in [5, 5.41) is 3.06. The molecule has 26 heavy (non-hydrogen) atoms. The highest BCUT2D eigenvalue weighted by molar-refractivity contribution is 5.45. The standard InChI is InChI=1S/C18H22N8/c1-25-9-7-19-17(25)13-26-8-2-4-14(12-26)15-10-23-16(11-22-15)24-18-20-5-3-6-21-18/h3,5-7,9-11,14H,2,4,8,12-13H2,1H3,(H,20,21,23,24). The number of piperidine rings is 1. The van der Waals surface area contributed by atoms with Gasteiger partial charge in [-0.3, -0.25) is 9.88 Å². The quantitative estimate of drug-likeness (QED) is 0.754. The van der Waals surface area contributed by atoms with Crippen molar-refractivity contribution in [2.45, 2.75) is 25.3 Å². The average Bonchev–Trinajstić information content (AvgIpc) is 3.08. The molecule has 0 amide bonds. The van der Waals surface area contributed by atoms with Crippen molar-refractivity contribution >= 4 is 11.8 Å². The summed E-state index contributed by atoms with van der Waals surface area (Å²) in [6.07, 6.45) is 13.1. The van der Waals surface area contributed by atoms with E-state index < -0.39 is 0 Å². The Kier molecular flexibility index (Phi) is 4.83. The number of hydrogen-bond donors (Lipinski definition) is 1. The summed E-state index contributed by atoms with van der Waals surface area (Å²) in [5.74, 6) is 2.67. The molecule has 0 bridgehead atoms. The molecule has 4 rings (SSSR count). The molecule has 1 unspecified atom stereocenters. The van der Waals surface area contributed by atoms with Crippen molar-refractivity contribution in [3.63, 3.8) is 0 Å². The summed E-state index contributed by atoms with van der Waals surface area (Å²) in [6.45, 7) is 2.95. The van der Waals surface area contributed by atoms with Crippen LogP contribution in [0, 0.1) is 0 Å². The van der Waals surface area contributed by atoms with Gasteiger partial charge >= 0.3 is 0 Å². The summed E-state index contributed by atoms with van der Waals surface area (Å²) >= 11 is 0. The molecule has 0 radical (unpaired) electrons. The predicted molar refractivity (Wildman–Crippen MR) is 97.8 cm³/mol. The van der Waals surface area contributed by atoms with Crippen LogP contribution < -0.4 is 5.32 Å². The number of aromatic nitrogens is 6. The van der Waals surface area contributed by atoms with Crippen LogP contribution in [0.15, 0.2) is 43.2 Å². The maximum Gasteiger partial charge on any atom is 0.228 e. The summed E-state index contributed by atoms with van der Waals surface area (Å²) < 4.78 is 2.08. The van der Waals surface area contributed by atoms with E-state index in [1.807, 2.05) is 25.6 Å². The van der Waals surface area contributed by atoms with Crippen LogP contribution in [0.1, 0.15) is 30.3 Å². The van der Waals surface area contributed by atoms with Crippen molar-refractivity contribution in [1.82, 2.24) is 34.4 Å². The Morgan fingerprint density at radius 1 is 1.08 bits per heavy atom. The third kappa shape index (κ3) is 3.85. The Morgan fingerprint density at radius 2 is 1.96 bits per heavy atom. The largest absolute Gasteiger partial charge is 0.337 e. The van der Waals surface area contributed by atoms with E-state index in [1.54, 1.807) is 24.7 Å². The van der Waals surface area contributed by atoms with E-state index in [-0.39, 0.29) is 0 Å². The van der Waals surface area contributed by atoms with Gasteiger partial charge in [-0.05, 0) is 25.5 Å². The van der Waals surface area contributed by atoms with Gasteiger partial charge in [0.1, 0.15) is 5.82 Å². The van der Waals surface area contributed by atoms with Gasteiger partial charge in [0.15, 0.2) is 5.82 Å². The molecule has 1 fully saturated rings. The highest BCUT2D eigenvalue weighted by Crippen LogP contribution is 2.26. The number of likely N-dealkylation sites (tertiary alicyclic amines) is 1. The van der Waals surface area contributed by atoms with E-state index in [4.69, 9.17) is 0 Å². The molecule has 1 saturated heterocycles. The fourth-order valence-electron chi connectivity index (χ4n) is 3.28. The molecule has 0 saturated carbocycles. The second-order valence-corrected chi connectivity index (χ2v) is 6.55. The molecule has 8 nitrogen and oxygen atoms in total. The molecule has 4 heterocycles. The first-order valence-electron chi connectivity index (χ1n) is 8.82. The van der Waals surface area contributed by atoms with E-state index in [0.717, 1.165) is 44.0 Å². The van der Waals surface area contributed by atoms with E-state index >= 15 is 0 Å². The van der Waals surface area contributed by atoms with Gasteiger partial charge in [-0.25, -0.2) is 19.9 Å². The van der Waals surface area contributed by atoms with Crippen molar-refractivity contribution in [2.24, 2.45) is 7.05 Å². The van der Waals surface area contributed by atoms with Gasteiger partial charge in [0, 0.05) is 44.3 Å². The summed E-state index contributed by atoms with van der Waals surface area (Å²) in [7, 11) is 2.04. The highest BCUT2D eigenvalue weighted by atomic mass is 15.2. The van der Waals surface area contributed by atoms with Gasteiger partial charge in [-0.15, -0.1) is 0 Å². The fraction of sp³-hybridized carbons (Fsp3) is 0.389. The van der Waals surface area contributed by atoms with E-state index in [0.29, 0.717) is 17.7 Å². The van der Waals surface area contributed by atoms with Crippen molar-refractivity contribution in [1.29, 1.82) is 0 Å². The van der Waals surface area contributed by atoms with E-state index in [2.05, 4.69) is 39.7 Å². The van der Waals surface area contributed by atoms with Crippen LogP contribution in [-0.2, 0) is 13.6 Å². The molecule has 3 aromatic heterocycles. The Balaban J connectivity index is 1.39. The molecule has 0 aromatic carbocycles. The van der Waals surface area contributed by atoms with Gasteiger partial charge < -0.3 is 9.88 Å². The zero-order valence-corrected chi connectivity index (χ0v) is 14.8. The lowest BCUT2D eigenvalue weighted by Crippen LogP contribution is -2.35. The first-order chi connectivity index (χ1) is 12.8. The van der Waals surface area contributed by atoms with Crippen molar-refractivity contribution in [2.75, 3.05) is 18.4 Å². The molecule has 0 aliphatic carbocycles. The summed E-state index contributed by atoms with van der Waals surface area (Å²) in [4.78, 5) is 24.2. The third-order valence-electron chi connectivity index (χ3n) is 4.69. The number of anilines is 2. The smallest absolute Gasteiger partial charge is 0.228 e. The van der Waals surface area contributed by atoms with Gasteiger partial charge in [-0.2, -0.15) is 0 Å². The Bertz CT molecular complexity index is 830. The molecule has 3 aromatic rings. The molecule has 8 heteroatoms. The minimum Gasteiger partial charge on any atom is -0.337 e. The minimum absolute atomic E-state index is 0.401. The third-order valence-corrected chi connectivity index (χ3v) is 4.69. The van der Waals surface area contributed by atoms with Crippen LogP contribution in [0.2, 0.25) is 0 Å². The van der Waals surface area contributed by atoms with Crippen LogP contribution in [0.5, 0.6) is 0 Å². The lowest BCUT2D eigenvalue weighted by molar-refractivity contribution is 0.192. The normalized spacial score (nSPS) is 18.0. The van der Waals surface area contributed by atoms with Gasteiger partial charge in [0.25, 0.3) is 0 Å². The first-order valence-corrected chi connectivity index (χ1v) is 8.82. The Hall–Kier alpha value is -2.87. The predicted octanol–water partition coefficient (Wildman–Crippen LogP) is 2.12. The van der Waals surface area contributed by atoms with Crippen molar-refractivity contribution in [3.8, 4) is 0 Å². The van der Waals surface area contributed by atoms with Crippen LogP contribution in [0.25, 0.3) is 0 Å². The molecule has 0 spiro atoms. The Morgan fingerprint density at radius 3 is 2.69 bits per heavy atom. The number of hydrogen-bond acceptors (Lipinski definition) is 7. The molecule has 1 atom stereocenters. The lowest BCUT2D eigenvalue weighted by Gasteiger charge is -2.32. The Labute approximate surface area is 152 Å². The molecule has 1 N–H and O–H groups in total. The lowest BCUT2D eigenvalue weighted by atomic mass is 9.95. The van der Waals surface area contributed by atoms with Crippen LogP contribution >= 0.6 is 0 Å². The van der Waals surface area contributed by atoms with Crippen LogP contribution in [0.3, 0.4) is 0 Å². The molecular weight excluding hydrogens is 328 g/mol. The molecule has 1 aliphatic rings. The number of aryl methyl sites for hydroxylation is 1.